The van der Waals surface area contributed by atoms with Crippen LogP contribution in [-0.2, 0) is 14.4 Å². The summed E-state index contributed by atoms with van der Waals surface area (Å²) in [5.41, 5.74) is 1.21. The van der Waals surface area contributed by atoms with Crippen molar-refractivity contribution in [3.63, 3.8) is 0 Å². The van der Waals surface area contributed by atoms with Crippen molar-refractivity contribution in [2.24, 2.45) is 0 Å². The van der Waals surface area contributed by atoms with Gasteiger partial charge in [0.15, 0.2) is 5.78 Å². The smallest absolute Gasteiger partial charge is 0.305 e. The lowest BCUT2D eigenvalue weighted by atomic mass is 10.1. The number of benzene rings is 1. The molecule has 23 heavy (non-hydrogen) atoms. The van der Waals surface area contributed by atoms with Crippen LogP contribution in [0.4, 0.5) is 5.69 Å². The second-order valence-electron chi connectivity index (χ2n) is 4.85. The SMILES string of the molecule is CC(=O)c1ccc(NC(=O)/C(C)=C\C(=O)NCCC(=O)O)cc1. The molecule has 0 saturated carbocycles. The molecule has 7 nitrogen and oxygen atoms in total. The van der Waals surface area contributed by atoms with Crippen LogP contribution in [-0.4, -0.2) is 35.2 Å². The molecule has 0 aliphatic rings. The molecule has 1 rings (SSSR count). The van der Waals surface area contributed by atoms with Gasteiger partial charge < -0.3 is 15.7 Å². The monoisotopic (exact) mass is 318 g/mol. The zero-order valence-electron chi connectivity index (χ0n) is 12.9. The summed E-state index contributed by atoms with van der Waals surface area (Å²) in [5.74, 6) is -2.09. The number of ketones is 1. The Kier molecular flexibility index (Phi) is 6.67. The van der Waals surface area contributed by atoms with Crippen molar-refractivity contribution >= 4 is 29.3 Å². The van der Waals surface area contributed by atoms with Gasteiger partial charge in [0.05, 0.1) is 6.42 Å². The Labute approximate surface area is 133 Å². The van der Waals surface area contributed by atoms with Crippen LogP contribution in [0.1, 0.15) is 30.6 Å². The van der Waals surface area contributed by atoms with Gasteiger partial charge in [0.25, 0.3) is 5.91 Å². The number of rotatable bonds is 7. The molecule has 1 aromatic rings. The van der Waals surface area contributed by atoms with Gasteiger partial charge in [0.2, 0.25) is 5.91 Å². The molecule has 0 aliphatic carbocycles. The number of Topliss-reactive ketones (excluding diaryl/α,β-unsaturated/α-hetero) is 1. The second-order valence-corrected chi connectivity index (χ2v) is 4.85. The quantitative estimate of drug-likeness (QED) is 0.519. The molecular weight excluding hydrogens is 300 g/mol. The maximum atomic E-state index is 11.9. The predicted molar refractivity (Wildman–Crippen MR) is 84.1 cm³/mol. The lowest BCUT2D eigenvalue weighted by Crippen LogP contribution is -2.25. The van der Waals surface area contributed by atoms with Gasteiger partial charge in [-0.25, -0.2) is 0 Å². The summed E-state index contributed by atoms with van der Waals surface area (Å²) in [4.78, 5) is 44.9. The second kappa shape index (κ2) is 8.47. The number of anilines is 1. The summed E-state index contributed by atoms with van der Waals surface area (Å²) in [6.07, 6.45) is 0.911. The van der Waals surface area contributed by atoms with E-state index in [1.807, 2.05) is 0 Å². The van der Waals surface area contributed by atoms with Crippen LogP contribution in [0.25, 0.3) is 0 Å². The molecule has 2 amide bonds. The summed E-state index contributed by atoms with van der Waals surface area (Å²) < 4.78 is 0. The molecule has 0 radical (unpaired) electrons. The number of nitrogens with one attached hydrogen (secondary N) is 2. The Morgan fingerprint density at radius 3 is 2.22 bits per heavy atom. The molecule has 122 valence electrons. The highest BCUT2D eigenvalue weighted by molar-refractivity contribution is 6.07. The summed E-state index contributed by atoms with van der Waals surface area (Å²) >= 11 is 0. The average Bonchev–Trinajstić information content (AvgIpc) is 2.47. The third-order valence-electron chi connectivity index (χ3n) is 2.89. The standard InChI is InChI=1S/C16H18N2O5/c1-10(9-14(20)17-8-7-15(21)22)16(23)18-13-5-3-12(4-6-13)11(2)19/h3-6,9H,7-8H2,1-2H3,(H,17,20)(H,18,23)(H,21,22)/b10-9-. The summed E-state index contributed by atoms with van der Waals surface area (Å²) in [5, 5.41) is 13.4. The normalized spacial score (nSPS) is 10.8. The van der Waals surface area contributed by atoms with Gasteiger partial charge in [-0.15, -0.1) is 0 Å². The maximum absolute atomic E-state index is 11.9. The summed E-state index contributed by atoms with van der Waals surface area (Å²) in [6, 6.07) is 6.37. The van der Waals surface area contributed by atoms with E-state index in [-0.39, 0.29) is 24.3 Å². The number of carbonyl (C=O) groups is 4. The minimum atomic E-state index is -1.02. The highest BCUT2D eigenvalue weighted by Gasteiger charge is 2.08. The van der Waals surface area contributed by atoms with Crippen LogP contribution in [0.5, 0.6) is 0 Å². The molecule has 0 atom stereocenters. The lowest BCUT2D eigenvalue weighted by molar-refractivity contribution is -0.136. The van der Waals surface area contributed by atoms with Gasteiger partial charge in [-0.1, -0.05) is 0 Å². The first kappa shape index (κ1) is 18.1. The Morgan fingerprint density at radius 1 is 1.09 bits per heavy atom. The van der Waals surface area contributed by atoms with Crippen LogP contribution in [0.3, 0.4) is 0 Å². The summed E-state index contributed by atoms with van der Waals surface area (Å²) in [7, 11) is 0. The van der Waals surface area contributed by atoms with Crippen LogP contribution in [0.2, 0.25) is 0 Å². The van der Waals surface area contributed by atoms with Crippen molar-refractivity contribution in [1.82, 2.24) is 5.32 Å². The van der Waals surface area contributed by atoms with Crippen LogP contribution in [0.15, 0.2) is 35.9 Å². The van der Waals surface area contributed by atoms with Crippen molar-refractivity contribution in [2.75, 3.05) is 11.9 Å². The van der Waals surface area contributed by atoms with Gasteiger partial charge in [-0.05, 0) is 38.1 Å². The first-order valence-corrected chi connectivity index (χ1v) is 6.90. The van der Waals surface area contributed by atoms with Gasteiger partial charge in [-0.3, -0.25) is 19.2 Å². The van der Waals surface area contributed by atoms with Crippen molar-refractivity contribution in [3.8, 4) is 0 Å². The fourth-order valence-electron chi connectivity index (χ4n) is 1.62. The number of carboxylic acids is 1. The number of amides is 2. The number of hydrogen-bond acceptors (Lipinski definition) is 4. The molecule has 0 fully saturated rings. The molecule has 1 aromatic carbocycles. The topological polar surface area (TPSA) is 113 Å². The van der Waals surface area contributed by atoms with Gasteiger partial charge >= 0.3 is 5.97 Å². The van der Waals surface area contributed by atoms with Crippen molar-refractivity contribution in [1.29, 1.82) is 0 Å². The fourth-order valence-corrected chi connectivity index (χ4v) is 1.62. The number of aliphatic carboxylic acids is 1. The third-order valence-corrected chi connectivity index (χ3v) is 2.89. The molecule has 7 heteroatoms. The van der Waals surface area contributed by atoms with Crippen molar-refractivity contribution < 1.29 is 24.3 Å². The van der Waals surface area contributed by atoms with E-state index in [9.17, 15) is 19.2 Å². The third kappa shape index (κ3) is 6.56. The maximum Gasteiger partial charge on any atom is 0.305 e. The minimum Gasteiger partial charge on any atom is -0.481 e. The Morgan fingerprint density at radius 2 is 1.70 bits per heavy atom. The number of carbonyl (C=O) groups excluding carboxylic acids is 3. The molecule has 0 aromatic heterocycles. The Hall–Kier alpha value is -2.96. The largest absolute Gasteiger partial charge is 0.481 e. The number of hydrogen-bond donors (Lipinski definition) is 3. The van der Waals surface area contributed by atoms with E-state index in [1.165, 1.54) is 13.8 Å². The van der Waals surface area contributed by atoms with Gasteiger partial charge in [0, 0.05) is 29.4 Å². The molecule has 0 heterocycles. The molecular formula is C16H18N2O5. The average molecular weight is 318 g/mol. The zero-order valence-corrected chi connectivity index (χ0v) is 12.9. The van der Waals surface area contributed by atoms with Crippen LogP contribution >= 0.6 is 0 Å². The van der Waals surface area contributed by atoms with E-state index < -0.39 is 17.8 Å². The Balaban J connectivity index is 2.58. The first-order valence-electron chi connectivity index (χ1n) is 6.90. The van der Waals surface area contributed by atoms with Gasteiger partial charge in [-0.2, -0.15) is 0 Å². The highest BCUT2D eigenvalue weighted by Crippen LogP contribution is 2.11. The van der Waals surface area contributed by atoms with Crippen molar-refractivity contribution in [3.05, 3.63) is 41.5 Å². The van der Waals surface area contributed by atoms with E-state index in [0.29, 0.717) is 11.3 Å². The molecule has 3 N–H and O–H groups in total. The molecule has 0 saturated heterocycles. The Bertz CT molecular complexity index is 647. The predicted octanol–water partition coefficient (Wildman–Crippen LogP) is 1.36. The fraction of sp³-hybridized carbons (Fsp3) is 0.250. The van der Waals surface area contributed by atoms with E-state index >= 15 is 0 Å². The van der Waals surface area contributed by atoms with Crippen LogP contribution in [0, 0.1) is 0 Å². The molecule has 0 bridgehead atoms. The molecule has 0 spiro atoms. The number of carboxylic acid groups (broad SMARTS) is 1. The van der Waals surface area contributed by atoms with E-state index in [4.69, 9.17) is 5.11 Å². The minimum absolute atomic E-state index is 0.00786. The highest BCUT2D eigenvalue weighted by atomic mass is 16.4. The van der Waals surface area contributed by atoms with Crippen molar-refractivity contribution in [2.45, 2.75) is 20.3 Å². The van der Waals surface area contributed by atoms with E-state index in [0.717, 1.165) is 6.08 Å². The zero-order chi connectivity index (χ0) is 17.4. The van der Waals surface area contributed by atoms with Gasteiger partial charge in [0.1, 0.15) is 0 Å². The molecule has 0 unspecified atom stereocenters. The van der Waals surface area contributed by atoms with E-state index in [2.05, 4.69) is 10.6 Å². The van der Waals surface area contributed by atoms with Crippen LogP contribution < -0.4 is 10.6 Å². The molecule has 0 aliphatic heterocycles. The first-order chi connectivity index (χ1) is 10.8. The summed E-state index contributed by atoms with van der Waals surface area (Å²) in [6.45, 7) is 2.91. The van der Waals surface area contributed by atoms with E-state index in [1.54, 1.807) is 24.3 Å². The lowest BCUT2D eigenvalue weighted by Gasteiger charge is -2.06.